The van der Waals surface area contributed by atoms with Crippen LogP contribution in [0.1, 0.15) is 70.4 Å². The molecule has 1 unspecified atom stereocenters. The van der Waals surface area contributed by atoms with Gasteiger partial charge in [-0.1, -0.05) is 89.1 Å². The van der Waals surface area contributed by atoms with E-state index in [4.69, 9.17) is 4.74 Å². The Kier molecular flexibility index (Phi) is 8.54. The van der Waals surface area contributed by atoms with Gasteiger partial charge in [-0.2, -0.15) is 0 Å². The van der Waals surface area contributed by atoms with E-state index in [0.29, 0.717) is 6.42 Å². The molecule has 0 bridgehead atoms. The molecule has 3 N–H and O–H groups in total. The summed E-state index contributed by atoms with van der Waals surface area (Å²) in [6.45, 7) is 7.50. The molecule has 2 atom stereocenters. The van der Waals surface area contributed by atoms with Crippen molar-refractivity contribution < 1.29 is 24.2 Å². The summed E-state index contributed by atoms with van der Waals surface area (Å²) < 4.78 is 5.63. The van der Waals surface area contributed by atoms with E-state index in [1.165, 1.54) is 0 Å². The van der Waals surface area contributed by atoms with E-state index in [1.54, 1.807) is 20.8 Å². The number of carbonyl (C=O) groups is 3. The minimum atomic E-state index is -1.08. The van der Waals surface area contributed by atoms with Crippen LogP contribution in [0.5, 0.6) is 0 Å². The van der Waals surface area contributed by atoms with Crippen LogP contribution in [-0.4, -0.2) is 41.8 Å². The molecule has 2 aromatic rings. The molecule has 35 heavy (non-hydrogen) atoms. The summed E-state index contributed by atoms with van der Waals surface area (Å²) in [5.41, 5.74) is 3.93. The third-order valence-corrected chi connectivity index (χ3v) is 6.42. The molecule has 0 fully saturated rings. The average Bonchev–Trinajstić information content (AvgIpc) is 3.12. The van der Waals surface area contributed by atoms with E-state index in [1.807, 2.05) is 31.2 Å². The van der Waals surface area contributed by atoms with Crippen LogP contribution in [-0.2, 0) is 14.3 Å². The third kappa shape index (κ3) is 6.62. The van der Waals surface area contributed by atoms with E-state index in [-0.39, 0.29) is 18.9 Å². The molecule has 7 heteroatoms. The SMILES string of the molecule is CCCC[C@@H](CC(=O)NC(C(=O)O)C(C)(C)C)NC(=O)OCC1c2ccccc2-c2ccccc21. The van der Waals surface area contributed by atoms with Crippen molar-refractivity contribution in [2.45, 2.75) is 71.4 Å². The Morgan fingerprint density at radius 2 is 1.54 bits per heavy atom. The second-order valence-corrected chi connectivity index (χ2v) is 10.2. The normalized spacial score (nSPS) is 14.4. The number of aliphatic carboxylic acids is 1. The molecule has 3 rings (SSSR count). The minimum absolute atomic E-state index is 0.00987. The molecular formula is C28H36N2O5. The number of carboxylic acids is 1. The van der Waals surface area contributed by atoms with Gasteiger partial charge in [0, 0.05) is 18.4 Å². The lowest BCUT2D eigenvalue weighted by Crippen LogP contribution is -2.50. The van der Waals surface area contributed by atoms with E-state index in [9.17, 15) is 19.5 Å². The van der Waals surface area contributed by atoms with Crippen LogP contribution < -0.4 is 10.6 Å². The summed E-state index contributed by atoms with van der Waals surface area (Å²) in [4.78, 5) is 36.9. The van der Waals surface area contributed by atoms with Gasteiger partial charge in [-0.3, -0.25) is 4.79 Å². The summed E-state index contributed by atoms with van der Waals surface area (Å²) in [7, 11) is 0. The van der Waals surface area contributed by atoms with Gasteiger partial charge in [0.1, 0.15) is 12.6 Å². The second kappa shape index (κ2) is 11.4. The van der Waals surface area contributed by atoms with Crippen molar-refractivity contribution in [1.82, 2.24) is 10.6 Å². The Bertz CT molecular complexity index is 1010. The quantitative estimate of drug-likeness (QED) is 0.439. The Morgan fingerprint density at radius 1 is 0.971 bits per heavy atom. The van der Waals surface area contributed by atoms with Gasteiger partial charge in [0.05, 0.1) is 0 Å². The van der Waals surface area contributed by atoms with Crippen LogP contribution in [0.25, 0.3) is 11.1 Å². The zero-order chi connectivity index (χ0) is 25.6. The fourth-order valence-electron chi connectivity index (χ4n) is 4.57. The zero-order valence-corrected chi connectivity index (χ0v) is 21.0. The summed E-state index contributed by atoms with van der Waals surface area (Å²) >= 11 is 0. The number of hydrogen-bond donors (Lipinski definition) is 3. The molecule has 2 amide bonds. The Labute approximate surface area is 207 Å². The third-order valence-electron chi connectivity index (χ3n) is 6.42. The summed E-state index contributed by atoms with van der Waals surface area (Å²) in [6.07, 6.45) is 1.74. The molecule has 0 aromatic heterocycles. The van der Waals surface area contributed by atoms with Crippen molar-refractivity contribution in [1.29, 1.82) is 0 Å². The molecule has 0 radical (unpaired) electrons. The first-order chi connectivity index (χ1) is 16.6. The molecule has 0 spiro atoms. The highest BCUT2D eigenvalue weighted by Crippen LogP contribution is 2.44. The van der Waals surface area contributed by atoms with Gasteiger partial charge in [0.15, 0.2) is 0 Å². The molecule has 0 saturated carbocycles. The van der Waals surface area contributed by atoms with Gasteiger partial charge in [-0.15, -0.1) is 0 Å². The van der Waals surface area contributed by atoms with Crippen molar-refractivity contribution in [2.75, 3.05) is 6.61 Å². The van der Waals surface area contributed by atoms with Gasteiger partial charge >= 0.3 is 12.1 Å². The van der Waals surface area contributed by atoms with Gasteiger partial charge in [-0.05, 0) is 34.1 Å². The van der Waals surface area contributed by atoms with Crippen LogP contribution in [0.3, 0.4) is 0 Å². The van der Waals surface area contributed by atoms with Crippen molar-refractivity contribution in [3.63, 3.8) is 0 Å². The van der Waals surface area contributed by atoms with E-state index in [0.717, 1.165) is 35.1 Å². The number of carboxylic acid groups (broad SMARTS) is 1. The molecule has 7 nitrogen and oxygen atoms in total. The molecule has 1 aliphatic carbocycles. The van der Waals surface area contributed by atoms with E-state index >= 15 is 0 Å². The van der Waals surface area contributed by atoms with Gasteiger partial charge in [0.2, 0.25) is 5.91 Å². The van der Waals surface area contributed by atoms with Gasteiger partial charge in [-0.25, -0.2) is 9.59 Å². The number of alkyl carbamates (subject to hydrolysis) is 1. The Balaban J connectivity index is 1.62. The van der Waals surface area contributed by atoms with Crippen LogP contribution in [0, 0.1) is 5.41 Å². The monoisotopic (exact) mass is 480 g/mol. The largest absolute Gasteiger partial charge is 0.480 e. The summed E-state index contributed by atoms with van der Waals surface area (Å²) in [6, 6.07) is 14.8. The number of carbonyl (C=O) groups excluding carboxylic acids is 2. The molecule has 2 aromatic carbocycles. The van der Waals surface area contributed by atoms with Gasteiger partial charge in [0.25, 0.3) is 0 Å². The van der Waals surface area contributed by atoms with Crippen molar-refractivity contribution in [3.05, 3.63) is 59.7 Å². The predicted molar refractivity (Wildman–Crippen MR) is 135 cm³/mol. The van der Waals surface area contributed by atoms with Crippen molar-refractivity contribution in [3.8, 4) is 11.1 Å². The minimum Gasteiger partial charge on any atom is -0.480 e. The summed E-state index contributed by atoms with van der Waals surface area (Å²) in [5, 5.41) is 14.9. The number of fused-ring (bicyclic) bond motifs is 3. The number of nitrogens with one attached hydrogen (secondary N) is 2. The molecule has 188 valence electrons. The van der Waals surface area contributed by atoms with E-state index in [2.05, 4.69) is 34.9 Å². The van der Waals surface area contributed by atoms with Crippen molar-refractivity contribution in [2.24, 2.45) is 5.41 Å². The first kappa shape index (κ1) is 26.3. The maximum atomic E-state index is 12.7. The van der Waals surface area contributed by atoms with Crippen LogP contribution in [0.4, 0.5) is 4.79 Å². The number of unbranched alkanes of at least 4 members (excludes halogenated alkanes) is 1. The predicted octanol–water partition coefficient (Wildman–Crippen LogP) is 5.09. The van der Waals surface area contributed by atoms with Crippen molar-refractivity contribution >= 4 is 18.0 Å². The molecule has 0 heterocycles. The fourth-order valence-corrected chi connectivity index (χ4v) is 4.57. The summed E-state index contributed by atoms with van der Waals surface area (Å²) in [5.74, 6) is -1.54. The number of rotatable bonds is 10. The molecule has 0 saturated heterocycles. The molecule has 1 aliphatic rings. The molecule has 0 aliphatic heterocycles. The number of amides is 2. The number of hydrogen-bond acceptors (Lipinski definition) is 4. The molecular weight excluding hydrogens is 444 g/mol. The van der Waals surface area contributed by atoms with Crippen LogP contribution in [0.15, 0.2) is 48.5 Å². The first-order valence-corrected chi connectivity index (χ1v) is 12.3. The highest BCUT2D eigenvalue weighted by molar-refractivity contribution is 5.85. The average molecular weight is 481 g/mol. The van der Waals surface area contributed by atoms with Crippen LogP contribution >= 0.6 is 0 Å². The maximum Gasteiger partial charge on any atom is 0.407 e. The van der Waals surface area contributed by atoms with Gasteiger partial charge < -0.3 is 20.5 Å². The highest BCUT2D eigenvalue weighted by atomic mass is 16.5. The lowest BCUT2D eigenvalue weighted by atomic mass is 9.86. The lowest BCUT2D eigenvalue weighted by molar-refractivity contribution is -0.145. The Hall–Kier alpha value is -3.35. The standard InChI is InChI=1S/C28H36N2O5/c1-5-6-11-18(16-24(31)30-25(26(32)33)28(2,3)4)29-27(34)35-17-23-21-14-9-7-12-19(21)20-13-8-10-15-22(20)23/h7-10,12-15,18,23,25H,5-6,11,16-17H2,1-4H3,(H,29,34)(H,30,31)(H,32,33)/t18-,25?/m0/s1. The zero-order valence-electron chi connectivity index (χ0n) is 21.0. The first-order valence-electron chi connectivity index (χ1n) is 12.3. The fraction of sp³-hybridized carbons (Fsp3) is 0.464. The second-order valence-electron chi connectivity index (χ2n) is 10.2. The lowest BCUT2D eigenvalue weighted by Gasteiger charge is -2.28. The number of ether oxygens (including phenoxy) is 1. The topological polar surface area (TPSA) is 105 Å². The van der Waals surface area contributed by atoms with Crippen LogP contribution in [0.2, 0.25) is 0 Å². The highest BCUT2D eigenvalue weighted by Gasteiger charge is 2.33. The number of benzene rings is 2. The Morgan fingerprint density at radius 3 is 2.06 bits per heavy atom. The maximum absolute atomic E-state index is 12.7. The van der Waals surface area contributed by atoms with E-state index < -0.39 is 35.5 Å². The smallest absolute Gasteiger partial charge is 0.407 e.